The van der Waals surface area contributed by atoms with Gasteiger partial charge in [-0.2, -0.15) is 0 Å². The van der Waals surface area contributed by atoms with E-state index in [2.05, 4.69) is 9.39 Å². The summed E-state index contributed by atoms with van der Waals surface area (Å²) in [6.45, 7) is 0. The third-order valence-corrected chi connectivity index (χ3v) is 1.82. The molecule has 0 atom stereocenters. The van der Waals surface area contributed by atoms with Gasteiger partial charge in [-0.15, -0.1) is 0 Å². The predicted molar refractivity (Wildman–Crippen MR) is 55.2 cm³/mol. The fourth-order valence-corrected chi connectivity index (χ4v) is 1.13. The molecule has 0 spiro atoms. The highest BCUT2D eigenvalue weighted by Crippen LogP contribution is 2.28. The Kier molecular flexibility index (Phi) is 4.15. The molecule has 0 fully saturated rings. The summed E-state index contributed by atoms with van der Waals surface area (Å²) in [7, 11) is 0.652. The quantitative estimate of drug-likeness (QED) is 0.547. The molecule has 6 nitrogen and oxygen atoms in total. The van der Waals surface area contributed by atoms with Crippen LogP contribution in [0.3, 0.4) is 0 Å². The molecule has 0 amide bonds. The van der Waals surface area contributed by atoms with Gasteiger partial charge in [0.25, 0.3) is 0 Å². The number of carbonyl (C=O) groups is 1. The number of hydrogen-bond acceptors (Lipinski definition) is 6. The van der Waals surface area contributed by atoms with Crippen molar-refractivity contribution in [3.05, 3.63) is 23.8 Å². The van der Waals surface area contributed by atoms with Crippen LogP contribution in [-0.4, -0.2) is 37.6 Å². The van der Waals surface area contributed by atoms with Gasteiger partial charge in [-0.25, -0.2) is 4.79 Å². The van der Waals surface area contributed by atoms with Gasteiger partial charge in [0.05, 0.1) is 19.8 Å². The van der Waals surface area contributed by atoms with Gasteiger partial charge < -0.3 is 24.2 Å². The van der Waals surface area contributed by atoms with Crippen molar-refractivity contribution in [1.29, 1.82) is 0 Å². The first kappa shape index (κ1) is 12.3. The van der Waals surface area contributed by atoms with Crippen LogP contribution in [0.2, 0.25) is 0 Å². The average molecular weight is 226 g/mol. The van der Waals surface area contributed by atoms with E-state index in [1.54, 1.807) is 0 Å². The van der Waals surface area contributed by atoms with Crippen LogP contribution >= 0.6 is 0 Å². The summed E-state index contributed by atoms with van der Waals surface area (Å²) in [6.07, 6.45) is 0. The summed E-state index contributed by atoms with van der Waals surface area (Å²) in [5, 5.41) is 17.3. The Balaban J connectivity index is 3.05. The number of methoxy groups -OCH3 is 2. The van der Waals surface area contributed by atoms with Crippen LogP contribution in [0.1, 0.15) is 10.4 Å². The largest absolute Gasteiger partial charge is 0.707 e. The molecule has 0 aliphatic rings. The number of esters is 1. The van der Waals surface area contributed by atoms with E-state index in [9.17, 15) is 4.79 Å². The molecule has 0 aliphatic heterocycles. The molecule has 0 bridgehead atoms. The van der Waals surface area contributed by atoms with Crippen molar-refractivity contribution < 1.29 is 29.0 Å². The normalized spacial score (nSPS) is 9.50. The summed E-state index contributed by atoms with van der Waals surface area (Å²) in [5.41, 5.74) is 0.221. The summed E-state index contributed by atoms with van der Waals surface area (Å²) in [5.74, 6) is -0.235. The van der Waals surface area contributed by atoms with Crippen LogP contribution in [-0.2, 0) is 4.74 Å². The second kappa shape index (κ2) is 5.38. The van der Waals surface area contributed by atoms with Gasteiger partial charge in [-0.1, -0.05) is 0 Å². The standard InChI is InChI=1S/C9H11BO6/c1-14-7-4-3-6(9(11)15-2)5-8(7)16-10(12)13/h3-5,12-13H,1-2H3. The molecule has 0 unspecified atom stereocenters. The Morgan fingerprint density at radius 2 is 1.94 bits per heavy atom. The Morgan fingerprint density at radius 1 is 1.25 bits per heavy atom. The maximum Gasteiger partial charge on any atom is 0.707 e. The van der Waals surface area contributed by atoms with Gasteiger partial charge in [-0.05, 0) is 18.2 Å². The molecular weight excluding hydrogens is 215 g/mol. The van der Waals surface area contributed by atoms with Gasteiger partial charge in [0.2, 0.25) is 0 Å². The first-order chi connectivity index (χ1) is 7.58. The summed E-state index contributed by atoms with van der Waals surface area (Å²) in [4.78, 5) is 11.2. The summed E-state index contributed by atoms with van der Waals surface area (Å²) < 4.78 is 14.1. The van der Waals surface area contributed by atoms with Crippen molar-refractivity contribution >= 4 is 13.3 Å². The average Bonchev–Trinajstić information content (AvgIpc) is 2.27. The maximum absolute atomic E-state index is 11.2. The van der Waals surface area contributed by atoms with Crippen LogP contribution < -0.4 is 9.39 Å². The smallest absolute Gasteiger partial charge is 0.509 e. The SMILES string of the molecule is COC(=O)c1ccc(OC)c(OB(O)O)c1. The zero-order valence-corrected chi connectivity index (χ0v) is 8.84. The molecule has 0 aromatic heterocycles. The third-order valence-electron chi connectivity index (χ3n) is 1.82. The van der Waals surface area contributed by atoms with Gasteiger partial charge in [0.1, 0.15) is 5.75 Å². The minimum atomic E-state index is -1.98. The van der Waals surface area contributed by atoms with Crippen molar-refractivity contribution in [2.45, 2.75) is 0 Å². The molecule has 7 heteroatoms. The second-order valence-corrected chi connectivity index (χ2v) is 2.80. The van der Waals surface area contributed by atoms with Crippen molar-refractivity contribution in [3.63, 3.8) is 0 Å². The zero-order chi connectivity index (χ0) is 12.1. The third kappa shape index (κ3) is 2.88. The number of benzene rings is 1. The molecular formula is C9H11BO6. The lowest BCUT2D eigenvalue weighted by atomic mass is 10.2. The lowest BCUT2D eigenvalue weighted by Crippen LogP contribution is -2.21. The van der Waals surface area contributed by atoms with Crippen LogP contribution in [0.4, 0.5) is 0 Å². The van der Waals surface area contributed by atoms with E-state index >= 15 is 0 Å². The molecule has 0 saturated carbocycles. The lowest BCUT2D eigenvalue weighted by Gasteiger charge is -2.10. The molecule has 16 heavy (non-hydrogen) atoms. The minimum Gasteiger partial charge on any atom is -0.509 e. The number of carbonyl (C=O) groups excluding carboxylic acids is 1. The highest BCUT2D eigenvalue weighted by molar-refractivity contribution is 6.33. The van der Waals surface area contributed by atoms with E-state index in [1.165, 1.54) is 32.4 Å². The molecule has 0 radical (unpaired) electrons. The van der Waals surface area contributed by atoms with Gasteiger partial charge >= 0.3 is 13.3 Å². The van der Waals surface area contributed by atoms with Crippen LogP contribution in [0.5, 0.6) is 11.5 Å². The topological polar surface area (TPSA) is 85.2 Å². The number of hydrogen-bond donors (Lipinski definition) is 2. The molecule has 0 saturated heterocycles. The highest BCUT2D eigenvalue weighted by atomic mass is 16.6. The van der Waals surface area contributed by atoms with E-state index in [-0.39, 0.29) is 17.1 Å². The zero-order valence-electron chi connectivity index (χ0n) is 8.84. The maximum atomic E-state index is 11.2. The first-order valence-electron chi connectivity index (χ1n) is 4.37. The Hall–Kier alpha value is -1.73. The molecule has 86 valence electrons. The number of ether oxygens (including phenoxy) is 2. The molecule has 1 rings (SSSR count). The van der Waals surface area contributed by atoms with Crippen LogP contribution in [0.25, 0.3) is 0 Å². The summed E-state index contributed by atoms with van der Waals surface area (Å²) in [6, 6.07) is 4.23. The van der Waals surface area contributed by atoms with E-state index in [4.69, 9.17) is 14.8 Å². The van der Waals surface area contributed by atoms with Gasteiger partial charge in [-0.3, -0.25) is 0 Å². The molecule has 1 aromatic rings. The van der Waals surface area contributed by atoms with Crippen LogP contribution in [0, 0.1) is 0 Å². The predicted octanol–water partition coefficient (Wildman–Crippen LogP) is -0.170. The molecule has 1 aromatic carbocycles. The fourth-order valence-electron chi connectivity index (χ4n) is 1.13. The molecule has 0 heterocycles. The molecule has 0 aliphatic carbocycles. The monoisotopic (exact) mass is 226 g/mol. The Morgan fingerprint density at radius 3 is 2.44 bits per heavy atom. The van der Waals surface area contributed by atoms with Crippen molar-refractivity contribution in [1.82, 2.24) is 0 Å². The molecule has 2 N–H and O–H groups in total. The Bertz CT molecular complexity index is 378. The van der Waals surface area contributed by atoms with E-state index in [0.29, 0.717) is 0 Å². The number of rotatable bonds is 4. The Labute approximate surface area is 92.5 Å². The van der Waals surface area contributed by atoms with E-state index < -0.39 is 13.3 Å². The minimum absolute atomic E-state index is 0.0420. The summed E-state index contributed by atoms with van der Waals surface area (Å²) >= 11 is 0. The van der Waals surface area contributed by atoms with Crippen molar-refractivity contribution in [3.8, 4) is 11.5 Å². The second-order valence-electron chi connectivity index (χ2n) is 2.80. The van der Waals surface area contributed by atoms with Crippen molar-refractivity contribution in [2.75, 3.05) is 14.2 Å². The van der Waals surface area contributed by atoms with Gasteiger partial charge in [0, 0.05) is 0 Å². The highest BCUT2D eigenvalue weighted by Gasteiger charge is 2.17. The van der Waals surface area contributed by atoms with Crippen LogP contribution in [0.15, 0.2) is 18.2 Å². The van der Waals surface area contributed by atoms with E-state index in [1.807, 2.05) is 0 Å². The first-order valence-corrected chi connectivity index (χ1v) is 4.37. The van der Waals surface area contributed by atoms with E-state index in [0.717, 1.165) is 0 Å². The fraction of sp³-hybridized carbons (Fsp3) is 0.222. The van der Waals surface area contributed by atoms with Crippen molar-refractivity contribution in [2.24, 2.45) is 0 Å². The lowest BCUT2D eigenvalue weighted by molar-refractivity contribution is 0.0600. The van der Waals surface area contributed by atoms with Gasteiger partial charge in [0.15, 0.2) is 5.75 Å².